The molecule has 20 heavy (non-hydrogen) atoms. The molecule has 1 aromatic heterocycles. The van der Waals surface area contributed by atoms with Crippen molar-refractivity contribution in [2.75, 3.05) is 5.32 Å². The molecule has 2 aliphatic rings. The first-order valence-corrected chi connectivity index (χ1v) is 7.15. The van der Waals surface area contributed by atoms with Crippen molar-refractivity contribution in [3.05, 3.63) is 18.1 Å². The number of carboxylic acid groups (broad SMARTS) is 1. The second-order valence-corrected chi connectivity index (χ2v) is 7.08. The molecule has 0 radical (unpaired) electrons. The van der Waals surface area contributed by atoms with Gasteiger partial charge in [0.2, 0.25) is 0 Å². The Morgan fingerprint density at radius 2 is 2.10 bits per heavy atom. The highest BCUT2D eigenvalue weighted by molar-refractivity contribution is 5.84. The molecule has 0 amide bonds. The van der Waals surface area contributed by atoms with Crippen LogP contribution in [-0.4, -0.2) is 27.1 Å². The van der Waals surface area contributed by atoms with Crippen LogP contribution in [0.15, 0.2) is 12.4 Å². The van der Waals surface area contributed by atoms with E-state index in [1.807, 2.05) is 0 Å². The van der Waals surface area contributed by atoms with Crippen molar-refractivity contribution in [3.63, 3.8) is 0 Å². The second kappa shape index (κ2) is 4.17. The predicted molar refractivity (Wildman–Crippen MR) is 75.6 cm³/mol. The van der Waals surface area contributed by atoms with Crippen LogP contribution >= 0.6 is 0 Å². The van der Waals surface area contributed by atoms with Gasteiger partial charge in [-0.3, -0.25) is 0 Å². The van der Waals surface area contributed by atoms with Gasteiger partial charge in [-0.25, -0.2) is 14.8 Å². The zero-order valence-electron chi connectivity index (χ0n) is 12.2. The van der Waals surface area contributed by atoms with Gasteiger partial charge in [0, 0.05) is 6.04 Å². The Labute approximate surface area is 118 Å². The van der Waals surface area contributed by atoms with Crippen LogP contribution in [-0.2, 0) is 0 Å². The molecule has 0 saturated heterocycles. The van der Waals surface area contributed by atoms with Crippen molar-refractivity contribution >= 4 is 11.8 Å². The third kappa shape index (κ3) is 1.87. The van der Waals surface area contributed by atoms with Crippen molar-refractivity contribution in [1.29, 1.82) is 0 Å². The van der Waals surface area contributed by atoms with E-state index in [2.05, 4.69) is 36.1 Å². The quantitative estimate of drug-likeness (QED) is 0.887. The number of rotatable bonds is 3. The molecule has 1 heterocycles. The van der Waals surface area contributed by atoms with E-state index < -0.39 is 5.97 Å². The minimum atomic E-state index is -1.05. The Balaban J connectivity index is 1.82. The summed E-state index contributed by atoms with van der Waals surface area (Å²) in [6.45, 7) is 6.98. The summed E-state index contributed by atoms with van der Waals surface area (Å²) in [6.07, 6.45) is 6.66. The van der Waals surface area contributed by atoms with E-state index >= 15 is 0 Å². The fraction of sp³-hybridized carbons (Fsp3) is 0.667. The van der Waals surface area contributed by atoms with Gasteiger partial charge in [-0.05, 0) is 36.0 Å². The Hall–Kier alpha value is -1.65. The van der Waals surface area contributed by atoms with Crippen LogP contribution in [0, 0.1) is 16.7 Å². The van der Waals surface area contributed by atoms with Crippen molar-refractivity contribution < 1.29 is 9.90 Å². The highest BCUT2D eigenvalue weighted by atomic mass is 16.4. The molecule has 0 spiro atoms. The minimum Gasteiger partial charge on any atom is -0.476 e. The predicted octanol–water partition coefficient (Wildman–Crippen LogP) is 2.80. The Morgan fingerprint density at radius 1 is 1.35 bits per heavy atom. The monoisotopic (exact) mass is 275 g/mol. The zero-order chi connectivity index (χ0) is 14.5. The van der Waals surface area contributed by atoms with Gasteiger partial charge in [0.25, 0.3) is 0 Å². The van der Waals surface area contributed by atoms with E-state index in [1.54, 1.807) is 0 Å². The molecular weight excluding hydrogens is 254 g/mol. The summed E-state index contributed by atoms with van der Waals surface area (Å²) in [5.74, 6) is 0.384. The molecule has 108 valence electrons. The van der Waals surface area contributed by atoms with E-state index in [0.29, 0.717) is 17.3 Å². The van der Waals surface area contributed by atoms with E-state index in [4.69, 9.17) is 5.11 Å². The van der Waals surface area contributed by atoms with Gasteiger partial charge in [0.1, 0.15) is 5.82 Å². The highest BCUT2D eigenvalue weighted by Gasteiger charge is 2.59. The third-order valence-corrected chi connectivity index (χ3v) is 5.43. The lowest BCUT2D eigenvalue weighted by Gasteiger charge is -2.43. The fourth-order valence-electron chi connectivity index (χ4n) is 4.32. The molecule has 0 aromatic carbocycles. The maximum Gasteiger partial charge on any atom is 0.356 e. The average Bonchev–Trinajstić information content (AvgIpc) is 2.86. The number of aromatic nitrogens is 2. The van der Waals surface area contributed by atoms with Gasteiger partial charge in [0.15, 0.2) is 5.69 Å². The summed E-state index contributed by atoms with van der Waals surface area (Å²) >= 11 is 0. The van der Waals surface area contributed by atoms with Crippen LogP contribution < -0.4 is 5.32 Å². The smallest absolute Gasteiger partial charge is 0.356 e. The van der Waals surface area contributed by atoms with Crippen molar-refractivity contribution in [2.24, 2.45) is 16.7 Å². The van der Waals surface area contributed by atoms with E-state index in [1.165, 1.54) is 31.7 Å². The molecule has 5 heteroatoms. The summed E-state index contributed by atoms with van der Waals surface area (Å²) < 4.78 is 0. The minimum absolute atomic E-state index is 0.0195. The van der Waals surface area contributed by atoms with Crippen LogP contribution in [0.3, 0.4) is 0 Å². The zero-order valence-corrected chi connectivity index (χ0v) is 12.2. The lowest BCUT2D eigenvalue weighted by molar-refractivity contribution is 0.0690. The Kier molecular flexibility index (Phi) is 2.78. The van der Waals surface area contributed by atoms with Gasteiger partial charge in [-0.1, -0.05) is 20.8 Å². The molecular formula is C15H21N3O2. The maximum atomic E-state index is 10.8. The molecule has 2 N–H and O–H groups in total. The third-order valence-electron chi connectivity index (χ3n) is 5.43. The van der Waals surface area contributed by atoms with Crippen LogP contribution in [0.4, 0.5) is 5.82 Å². The van der Waals surface area contributed by atoms with Gasteiger partial charge in [-0.15, -0.1) is 0 Å². The van der Waals surface area contributed by atoms with Gasteiger partial charge >= 0.3 is 5.97 Å². The number of carbonyl (C=O) groups is 1. The Morgan fingerprint density at radius 3 is 2.60 bits per heavy atom. The largest absolute Gasteiger partial charge is 0.476 e. The molecule has 5 nitrogen and oxygen atoms in total. The SMILES string of the molecule is CC12CCC(C1)C(C)(C)C2Nc1cnc(C(=O)O)cn1. The number of hydrogen-bond acceptors (Lipinski definition) is 4. The molecule has 2 fully saturated rings. The highest BCUT2D eigenvalue weighted by Crippen LogP contribution is 2.62. The van der Waals surface area contributed by atoms with Crippen molar-refractivity contribution in [1.82, 2.24) is 9.97 Å². The Bertz CT molecular complexity index is 536. The normalized spacial score (nSPS) is 34.1. The number of fused-ring (bicyclic) bond motifs is 2. The van der Waals surface area contributed by atoms with E-state index in [0.717, 1.165) is 5.92 Å². The first-order chi connectivity index (χ1) is 9.33. The van der Waals surface area contributed by atoms with Gasteiger partial charge < -0.3 is 10.4 Å². The molecule has 3 unspecified atom stereocenters. The second-order valence-electron chi connectivity index (χ2n) is 7.08. The average molecular weight is 275 g/mol. The molecule has 2 saturated carbocycles. The number of carboxylic acids is 1. The molecule has 0 aliphatic heterocycles. The molecule has 1 aromatic rings. The summed E-state index contributed by atoms with van der Waals surface area (Å²) in [5.41, 5.74) is 0.524. The number of nitrogens with zero attached hydrogens (tertiary/aromatic N) is 2. The molecule has 3 atom stereocenters. The van der Waals surface area contributed by atoms with Crippen LogP contribution in [0.5, 0.6) is 0 Å². The fourth-order valence-corrected chi connectivity index (χ4v) is 4.32. The summed E-state index contributed by atoms with van der Waals surface area (Å²) in [5, 5.41) is 12.3. The number of anilines is 1. The molecule has 3 rings (SSSR count). The van der Waals surface area contributed by atoms with Gasteiger partial charge in [-0.2, -0.15) is 0 Å². The van der Waals surface area contributed by atoms with Crippen molar-refractivity contribution in [3.8, 4) is 0 Å². The number of hydrogen-bond donors (Lipinski definition) is 2. The summed E-state index contributed by atoms with van der Waals surface area (Å²) in [6, 6.07) is 0.360. The molecule has 2 bridgehead atoms. The standard InChI is InChI=1S/C15H21N3O2/c1-14(2)9-4-5-15(3,6-9)13(14)18-11-8-16-10(7-17-11)12(19)20/h7-9,13H,4-6H2,1-3H3,(H,17,18)(H,19,20). The van der Waals surface area contributed by atoms with Crippen molar-refractivity contribution in [2.45, 2.75) is 46.1 Å². The maximum absolute atomic E-state index is 10.8. The lowest BCUT2D eigenvalue weighted by Crippen LogP contribution is -2.46. The van der Waals surface area contributed by atoms with E-state index in [-0.39, 0.29) is 11.1 Å². The summed E-state index contributed by atoms with van der Waals surface area (Å²) in [7, 11) is 0. The number of nitrogens with one attached hydrogen (secondary N) is 1. The van der Waals surface area contributed by atoms with Crippen LogP contribution in [0.1, 0.15) is 50.5 Å². The first-order valence-electron chi connectivity index (χ1n) is 7.15. The first kappa shape index (κ1) is 13.3. The van der Waals surface area contributed by atoms with Crippen LogP contribution in [0.25, 0.3) is 0 Å². The molecule has 2 aliphatic carbocycles. The van der Waals surface area contributed by atoms with Gasteiger partial charge in [0.05, 0.1) is 12.4 Å². The van der Waals surface area contributed by atoms with Crippen LogP contribution in [0.2, 0.25) is 0 Å². The van der Waals surface area contributed by atoms with E-state index in [9.17, 15) is 4.79 Å². The topological polar surface area (TPSA) is 75.1 Å². The lowest BCUT2D eigenvalue weighted by atomic mass is 9.68. The summed E-state index contributed by atoms with van der Waals surface area (Å²) in [4.78, 5) is 18.9. The number of aromatic carboxylic acids is 1.